The van der Waals surface area contributed by atoms with Crippen molar-refractivity contribution in [3.8, 4) is 5.75 Å². The zero-order valence-corrected chi connectivity index (χ0v) is 20.2. The van der Waals surface area contributed by atoms with Crippen molar-refractivity contribution in [3.05, 3.63) is 94.9 Å². The molecule has 0 saturated carbocycles. The van der Waals surface area contributed by atoms with Crippen molar-refractivity contribution in [2.75, 3.05) is 23.8 Å². The highest BCUT2D eigenvalue weighted by atomic mass is 32.2. The van der Waals surface area contributed by atoms with E-state index in [9.17, 15) is 19.2 Å². The number of anilines is 2. The summed E-state index contributed by atoms with van der Waals surface area (Å²) in [5.41, 5.74) is 2.99. The number of imide groups is 1. The van der Waals surface area contributed by atoms with Gasteiger partial charge in [-0.15, -0.1) is 0 Å². The van der Waals surface area contributed by atoms with Gasteiger partial charge in [0.05, 0.1) is 4.91 Å². The molecule has 0 spiro atoms. The first-order valence-corrected chi connectivity index (χ1v) is 11.9. The maximum Gasteiger partial charge on any atom is 0.294 e. The van der Waals surface area contributed by atoms with Gasteiger partial charge in [-0.1, -0.05) is 42.5 Å². The predicted molar refractivity (Wildman–Crippen MR) is 139 cm³/mol. The monoisotopic (exact) mass is 501 g/mol. The van der Waals surface area contributed by atoms with Crippen molar-refractivity contribution in [2.24, 2.45) is 0 Å². The number of hydrogen-bond donors (Lipinski definition) is 2. The van der Waals surface area contributed by atoms with Gasteiger partial charge < -0.3 is 15.4 Å². The molecule has 1 fully saturated rings. The molecule has 1 aliphatic heterocycles. The summed E-state index contributed by atoms with van der Waals surface area (Å²) in [7, 11) is 0. The Morgan fingerprint density at radius 2 is 1.58 bits per heavy atom. The lowest BCUT2D eigenvalue weighted by Crippen LogP contribution is -2.36. The molecule has 0 unspecified atom stereocenters. The molecule has 0 bridgehead atoms. The molecule has 3 aromatic carbocycles. The zero-order valence-electron chi connectivity index (χ0n) is 19.4. The molecule has 182 valence electrons. The number of aryl methyl sites for hydroxylation is 1. The molecule has 4 rings (SSSR count). The molecule has 9 heteroatoms. The van der Waals surface area contributed by atoms with Crippen LogP contribution in [0.15, 0.2) is 83.8 Å². The fourth-order valence-electron chi connectivity index (χ4n) is 3.38. The van der Waals surface area contributed by atoms with Gasteiger partial charge in [0.25, 0.3) is 17.1 Å². The van der Waals surface area contributed by atoms with E-state index in [2.05, 4.69) is 10.6 Å². The van der Waals surface area contributed by atoms with Crippen molar-refractivity contribution >= 4 is 52.2 Å². The summed E-state index contributed by atoms with van der Waals surface area (Å²) in [6.45, 7) is 1.42. The number of amides is 4. The lowest BCUT2D eigenvalue weighted by atomic mass is 10.2. The average Bonchev–Trinajstić information content (AvgIpc) is 3.11. The maximum absolute atomic E-state index is 12.7. The van der Waals surface area contributed by atoms with Crippen LogP contribution in [0.2, 0.25) is 0 Å². The summed E-state index contributed by atoms with van der Waals surface area (Å²) in [5, 5.41) is 4.93. The molecule has 8 nitrogen and oxygen atoms in total. The Balaban J connectivity index is 1.30. The van der Waals surface area contributed by atoms with E-state index < -0.39 is 17.1 Å². The number of rotatable bonds is 8. The van der Waals surface area contributed by atoms with Crippen molar-refractivity contribution in [2.45, 2.75) is 6.92 Å². The minimum Gasteiger partial charge on any atom is -0.484 e. The standard InChI is InChI=1S/C27H23N3O5S/c1-18-6-5-9-21(14-18)29-25(32)17-35-22-12-10-19(11-13-22)15-23-26(33)30(27(34)36-23)16-24(31)28-20-7-3-2-4-8-20/h2-15H,16-17H2,1H3,(H,28,31)(H,29,32)/b23-15+. The van der Waals surface area contributed by atoms with Crippen molar-refractivity contribution in [1.29, 1.82) is 0 Å². The zero-order chi connectivity index (χ0) is 25.5. The number of nitrogens with zero attached hydrogens (tertiary/aromatic N) is 1. The fraction of sp³-hybridized carbons (Fsp3) is 0.111. The van der Waals surface area contributed by atoms with E-state index in [1.807, 2.05) is 31.2 Å². The van der Waals surface area contributed by atoms with Crippen LogP contribution < -0.4 is 15.4 Å². The van der Waals surface area contributed by atoms with Crippen LogP contribution in [0.3, 0.4) is 0 Å². The minimum atomic E-state index is -0.527. The van der Waals surface area contributed by atoms with Crippen molar-refractivity contribution in [1.82, 2.24) is 4.90 Å². The molecule has 1 saturated heterocycles. The van der Waals surface area contributed by atoms with Crippen molar-refractivity contribution in [3.63, 3.8) is 0 Å². The highest BCUT2D eigenvalue weighted by Crippen LogP contribution is 2.32. The Bertz CT molecular complexity index is 1320. The fourth-order valence-corrected chi connectivity index (χ4v) is 4.22. The first kappa shape index (κ1) is 24.7. The Labute approximate surface area is 212 Å². The van der Waals surface area contributed by atoms with E-state index in [-0.39, 0.29) is 24.0 Å². The van der Waals surface area contributed by atoms with Gasteiger partial charge in [-0.2, -0.15) is 0 Å². The second-order valence-electron chi connectivity index (χ2n) is 7.96. The lowest BCUT2D eigenvalue weighted by Gasteiger charge is -2.12. The van der Waals surface area contributed by atoms with Gasteiger partial charge in [0, 0.05) is 11.4 Å². The molecule has 0 aromatic heterocycles. The molecule has 0 radical (unpaired) electrons. The third-order valence-electron chi connectivity index (χ3n) is 5.08. The molecule has 3 aromatic rings. The molecule has 0 atom stereocenters. The van der Waals surface area contributed by atoms with E-state index in [1.165, 1.54) is 0 Å². The van der Waals surface area contributed by atoms with Gasteiger partial charge in [-0.3, -0.25) is 24.1 Å². The molecular formula is C27H23N3O5S. The van der Waals surface area contributed by atoms with Gasteiger partial charge in [0.1, 0.15) is 12.3 Å². The second kappa shape index (κ2) is 11.4. The number of carbonyl (C=O) groups is 4. The quantitative estimate of drug-likeness (QED) is 0.434. The molecular weight excluding hydrogens is 478 g/mol. The third-order valence-corrected chi connectivity index (χ3v) is 5.99. The minimum absolute atomic E-state index is 0.156. The molecule has 2 N–H and O–H groups in total. The highest BCUT2D eigenvalue weighted by molar-refractivity contribution is 8.18. The normalized spacial score (nSPS) is 14.1. The van der Waals surface area contributed by atoms with E-state index in [0.717, 1.165) is 22.2 Å². The third kappa shape index (κ3) is 6.61. The number of carbonyl (C=O) groups excluding carboxylic acids is 4. The number of ether oxygens (including phenoxy) is 1. The summed E-state index contributed by atoms with van der Waals surface area (Å²) in [5.74, 6) is -0.786. The van der Waals surface area contributed by atoms with E-state index in [1.54, 1.807) is 60.7 Å². The number of hydrogen-bond acceptors (Lipinski definition) is 6. The van der Waals surface area contributed by atoms with Crippen LogP contribution in [-0.4, -0.2) is 41.0 Å². The first-order valence-electron chi connectivity index (χ1n) is 11.1. The number of para-hydroxylation sites is 1. The summed E-state index contributed by atoms with van der Waals surface area (Å²) >= 11 is 0.779. The van der Waals surface area contributed by atoms with Crippen LogP contribution in [-0.2, 0) is 14.4 Å². The van der Waals surface area contributed by atoms with Crippen LogP contribution in [0.5, 0.6) is 5.75 Å². The van der Waals surface area contributed by atoms with Gasteiger partial charge in [-0.05, 0) is 72.3 Å². The highest BCUT2D eigenvalue weighted by Gasteiger charge is 2.36. The molecule has 0 aliphatic carbocycles. The SMILES string of the molecule is Cc1cccc(NC(=O)COc2ccc(/C=C3/SC(=O)N(CC(=O)Nc4ccccc4)C3=O)cc2)c1. The summed E-state index contributed by atoms with van der Waals surface area (Å²) in [6, 6.07) is 23.0. The molecule has 1 heterocycles. The Kier molecular flexibility index (Phi) is 7.82. The molecule has 36 heavy (non-hydrogen) atoms. The van der Waals surface area contributed by atoms with E-state index in [4.69, 9.17) is 4.74 Å². The van der Waals surface area contributed by atoms with Crippen LogP contribution in [0.4, 0.5) is 16.2 Å². The average molecular weight is 502 g/mol. The number of nitrogens with one attached hydrogen (secondary N) is 2. The topological polar surface area (TPSA) is 105 Å². The van der Waals surface area contributed by atoms with Crippen LogP contribution in [0.25, 0.3) is 6.08 Å². The van der Waals surface area contributed by atoms with Crippen LogP contribution in [0.1, 0.15) is 11.1 Å². The smallest absolute Gasteiger partial charge is 0.294 e. The van der Waals surface area contributed by atoms with E-state index >= 15 is 0 Å². The molecule has 1 aliphatic rings. The van der Waals surface area contributed by atoms with E-state index in [0.29, 0.717) is 22.7 Å². The lowest BCUT2D eigenvalue weighted by molar-refractivity contribution is -0.127. The largest absolute Gasteiger partial charge is 0.484 e. The van der Waals surface area contributed by atoms with Crippen molar-refractivity contribution < 1.29 is 23.9 Å². The van der Waals surface area contributed by atoms with Gasteiger partial charge in [0.2, 0.25) is 5.91 Å². The van der Waals surface area contributed by atoms with Gasteiger partial charge in [-0.25, -0.2) is 0 Å². The summed E-state index contributed by atoms with van der Waals surface area (Å²) in [4.78, 5) is 50.5. The number of benzene rings is 3. The Morgan fingerprint density at radius 3 is 2.31 bits per heavy atom. The predicted octanol–water partition coefficient (Wildman–Crippen LogP) is 4.69. The summed E-state index contributed by atoms with van der Waals surface area (Å²) in [6.07, 6.45) is 1.58. The summed E-state index contributed by atoms with van der Waals surface area (Å²) < 4.78 is 5.53. The first-order chi connectivity index (χ1) is 17.4. The maximum atomic E-state index is 12.7. The molecule has 4 amide bonds. The van der Waals surface area contributed by atoms with Gasteiger partial charge >= 0.3 is 0 Å². The second-order valence-corrected chi connectivity index (χ2v) is 8.95. The van der Waals surface area contributed by atoms with Crippen LogP contribution >= 0.6 is 11.8 Å². The van der Waals surface area contributed by atoms with Gasteiger partial charge in [0.15, 0.2) is 6.61 Å². The Morgan fingerprint density at radius 1 is 0.889 bits per heavy atom. The Hall–Kier alpha value is -4.37. The van der Waals surface area contributed by atoms with Crippen LogP contribution in [0, 0.1) is 6.92 Å². The number of thioether (sulfide) groups is 1.